The maximum absolute atomic E-state index is 5.98. The number of methoxy groups -OCH3 is 1. The molecule has 0 bridgehead atoms. The first-order valence-corrected chi connectivity index (χ1v) is 6.89. The molecular weight excluding hydrogens is 230 g/mol. The molecule has 0 aliphatic rings. The quantitative estimate of drug-likeness (QED) is 0.815. The Morgan fingerprint density at radius 2 is 1.82 bits per heavy atom. The van der Waals surface area contributed by atoms with Gasteiger partial charge in [-0.25, -0.2) is 0 Å². The molecule has 0 aromatic heterocycles. The van der Waals surface area contributed by atoms with Crippen LogP contribution in [0.1, 0.15) is 31.4 Å². The molecule has 0 saturated carbocycles. The van der Waals surface area contributed by atoms with Crippen LogP contribution in [0, 0.1) is 13.8 Å². The maximum atomic E-state index is 5.98. The molecule has 17 heavy (non-hydrogen) atoms. The Hall–Kier alpha value is -0.670. The molecule has 1 rings (SSSR count). The molecule has 0 amide bonds. The van der Waals surface area contributed by atoms with E-state index in [1.165, 1.54) is 16.0 Å². The van der Waals surface area contributed by atoms with Crippen LogP contribution in [0.3, 0.4) is 0 Å². The van der Waals surface area contributed by atoms with Crippen molar-refractivity contribution < 1.29 is 4.74 Å². The Bertz CT molecular complexity index is 383. The van der Waals surface area contributed by atoms with E-state index in [0.717, 1.165) is 17.9 Å². The van der Waals surface area contributed by atoms with Crippen molar-refractivity contribution in [2.45, 2.75) is 44.6 Å². The van der Waals surface area contributed by atoms with Crippen LogP contribution in [0.25, 0.3) is 0 Å². The van der Waals surface area contributed by atoms with E-state index in [1.54, 1.807) is 7.11 Å². The van der Waals surface area contributed by atoms with Crippen molar-refractivity contribution in [2.24, 2.45) is 5.73 Å². The van der Waals surface area contributed by atoms with Crippen LogP contribution < -0.4 is 10.5 Å². The average Bonchev–Trinajstić information content (AvgIpc) is 2.21. The standard InChI is InChI=1S/C14H23NOS/c1-10-8-12(16-5)13(9-11(10)2)17-7-6-14(3,4)15/h8-9H,6-7,15H2,1-5H3. The lowest BCUT2D eigenvalue weighted by Gasteiger charge is -2.18. The van der Waals surface area contributed by atoms with Gasteiger partial charge in [0.15, 0.2) is 0 Å². The molecule has 0 atom stereocenters. The zero-order chi connectivity index (χ0) is 13.1. The summed E-state index contributed by atoms with van der Waals surface area (Å²) in [6.45, 7) is 8.36. The average molecular weight is 253 g/mol. The van der Waals surface area contributed by atoms with Crippen molar-refractivity contribution >= 4 is 11.8 Å². The van der Waals surface area contributed by atoms with Crippen LogP contribution in [-0.4, -0.2) is 18.4 Å². The number of thioether (sulfide) groups is 1. The topological polar surface area (TPSA) is 35.2 Å². The molecule has 2 nitrogen and oxygen atoms in total. The van der Waals surface area contributed by atoms with Crippen LogP contribution in [0.15, 0.2) is 17.0 Å². The van der Waals surface area contributed by atoms with Gasteiger partial charge in [-0.2, -0.15) is 0 Å². The van der Waals surface area contributed by atoms with Gasteiger partial charge in [0.25, 0.3) is 0 Å². The highest BCUT2D eigenvalue weighted by Gasteiger charge is 2.12. The minimum Gasteiger partial charge on any atom is -0.496 e. The first kappa shape index (κ1) is 14.4. The molecule has 1 aromatic rings. The fourth-order valence-electron chi connectivity index (χ4n) is 1.46. The molecule has 0 radical (unpaired) electrons. The van der Waals surface area contributed by atoms with Gasteiger partial charge in [-0.05, 0) is 63.1 Å². The van der Waals surface area contributed by atoms with Crippen molar-refractivity contribution in [1.29, 1.82) is 0 Å². The Kier molecular flexibility index (Phi) is 4.90. The molecule has 96 valence electrons. The molecular formula is C14H23NOS. The Morgan fingerprint density at radius 1 is 1.24 bits per heavy atom. The van der Waals surface area contributed by atoms with E-state index in [2.05, 4.69) is 39.8 Å². The highest BCUT2D eigenvalue weighted by atomic mass is 32.2. The molecule has 0 heterocycles. The molecule has 2 N–H and O–H groups in total. The van der Waals surface area contributed by atoms with E-state index < -0.39 is 0 Å². The molecule has 1 aromatic carbocycles. The molecule has 3 heteroatoms. The zero-order valence-corrected chi connectivity index (χ0v) is 12.3. The van der Waals surface area contributed by atoms with Crippen molar-refractivity contribution in [1.82, 2.24) is 0 Å². The number of ether oxygens (including phenoxy) is 1. The van der Waals surface area contributed by atoms with Crippen LogP contribution in [0.4, 0.5) is 0 Å². The van der Waals surface area contributed by atoms with E-state index in [1.807, 2.05) is 11.8 Å². The van der Waals surface area contributed by atoms with Gasteiger partial charge in [0.1, 0.15) is 5.75 Å². The summed E-state index contributed by atoms with van der Waals surface area (Å²) >= 11 is 1.82. The minimum atomic E-state index is -0.0972. The fraction of sp³-hybridized carbons (Fsp3) is 0.571. The molecule has 0 saturated heterocycles. The van der Waals surface area contributed by atoms with Crippen molar-refractivity contribution in [3.63, 3.8) is 0 Å². The maximum Gasteiger partial charge on any atom is 0.132 e. The smallest absolute Gasteiger partial charge is 0.132 e. The highest BCUT2D eigenvalue weighted by molar-refractivity contribution is 7.99. The van der Waals surface area contributed by atoms with Gasteiger partial charge in [0.05, 0.1) is 7.11 Å². The lowest BCUT2D eigenvalue weighted by molar-refractivity contribution is 0.404. The first-order valence-electron chi connectivity index (χ1n) is 5.90. The van der Waals surface area contributed by atoms with Crippen LogP contribution in [0.2, 0.25) is 0 Å². The third-order valence-electron chi connectivity index (χ3n) is 2.78. The summed E-state index contributed by atoms with van der Waals surface area (Å²) in [4.78, 5) is 1.21. The van der Waals surface area contributed by atoms with Gasteiger partial charge >= 0.3 is 0 Å². The van der Waals surface area contributed by atoms with Crippen LogP contribution in [-0.2, 0) is 0 Å². The second-order valence-electron chi connectivity index (χ2n) is 5.17. The monoisotopic (exact) mass is 253 g/mol. The van der Waals surface area contributed by atoms with Crippen LogP contribution >= 0.6 is 11.8 Å². The number of hydrogen-bond donors (Lipinski definition) is 1. The second-order valence-corrected chi connectivity index (χ2v) is 6.31. The largest absolute Gasteiger partial charge is 0.496 e. The van der Waals surface area contributed by atoms with Gasteiger partial charge in [0.2, 0.25) is 0 Å². The van der Waals surface area contributed by atoms with Gasteiger partial charge in [0, 0.05) is 10.4 Å². The predicted molar refractivity (Wildman–Crippen MR) is 76.1 cm³/mol. The molecule has 0 aliphatic heterocycles. The molecule has 0 unspecified atom stereocenters. The summed E-state index contributed by atoms with van der Waals surface area (Å²) in [5.41, 5.74) is 8.46. The van der Waals surface area contributed by atoms with Gasteiger partial charge in [-0.15, -0.1) is 11.8 Å². The van der Waals surface area contributed by atoms with Crippen LogP contribution in [0.5, 0.6) is 5.75 Å². The number of benzene rings is 1. The van der Waals surface area contributed by atoms with Gasteiger partial charge in [-0.3, -0.25) is 0 Å². The normalized spacial score (nSPS) is 11.6. The van der Waals surface area contributed by atoms with Crippen molar-refractivity contribution in [3.8, 4) is 5.75 Å². The highest BCUT2D eigenvalue weighted by Crippen LogP contribution is 2.32. The van der Waals surface area contributed by atoms with Gasteiger partial charge in [-0.1, -0.05) is 0 Å². The third-order valence-corrected chi connectivity index (χ3v) is 3.82. The van der Waals surface area contributed by atoms with E-state index in [4.69, 9.17) is 10.5 Å². The van der Waals surface area contributed by atoms with E-state index >= 15 is 0 Å². The van der Waals surface area contributed by atoms with E-state index in [-0.39, 0.29) is 5.54 Å². The first-order chi connectivity index (χ1) is 7.83. The zero-order valence-electron chi connectivity index (χ0n) is 11.5. The molecule has 0 aliphatic carbocycles. The lowest BCUT2D eigenvalue weighted by Crippen LogP contribution is -2.32. The van der Waals surface area contributed by atoms with E-state index in [0.29, 0.717) is 0 Å². The summed E-state index contributed by atoms with van der Waals surface area (Å²) in [6, 6.07) is 4.30. The Labute approximate surface area is 109 Å². The van der Waals surface area contributed by atoms with Crippen molar-refractivity contribution in [3.05, 3.63) is 23.3 Å². The predicted octanol–water partition coefficient (Wildman–Crippen LogP) is 3.53. The minimum absolute atomic E-state index is 0.0972. The summed E-state index contributed by atoms with van der Waals surface area (Å²) in [5.74, 6) is 1.98. The summed E-state index contributed by atoms with van der Waals surface area (Å²) in [5, 5.41) is 0. The fourth-order valence-corrected chi connectivity index (χ4v) is 2.85. The number of nitrogens with two attached hydrogens (primary N) is 1. The molecule has 0 fully saturated rings. The summed E-state index contributed by atoms with van der Waals surface area (Å²) < 4.78 is 5.41. The second kappa shape index (κ2) is 5.78. The molecule has 0 spiro atoms. The van der Waals surface area contributed by atoms with E-state index in [9.17, 15) is 0 Å². The number of hydrogen-bond acceptors (Lipinski definition) is 3. The third kappa shape index (κ3) is 4.60. The van der Waals surface area contributed by atoms with Crippen molar-refractivity contribution in [2.75, 3.05) is 12.9 Å². The Morgan fingerprint density at radius 3 is 2.35 bits per heavy atom. The number of aryl methyl sites for hydroxylation is 2. The lowest BCUT2D eigenvalue weighted by atomic mass is 10.0. The number of rotatable bonds is 5. The summed E-state index contributed by atoms with van der Waals surface area (Å²) in [7, 11) is 1.72. The van der Waals surface area contributed by atoms with Gasteiger partial charge < -0.3 is 10.5 Å². The SMILES string of the molecule is COc1cc(C)c(C)cc1SCCC(C)(C)N. The summed E-state index contributed by atoms with van der Waals surface area (Å²) in [6.07, 6.45) is 0.994. The Balaban J connectivity index is 2.73.